The highest BCUT2D eigenvalue weighted by molar-refractivity contribution is 6.84. The maximum absolute atomic E-state index is 3.52. The van der Waals surface area contributed by atoms with Crippen molar-refractivity contribution in [3.8, 4) is 22.9 Å². The molecule has 0 unspecified atom stereocenters. The Morgan fingerprint density at radius 1 is 0.708 bits per heavy atom. The lowest BCUT2D eigenvalue weighted by atomic mass is 9.94. The normalized spacial score (nSPS) is 11.5. The summed E-state index contributed by atoms with van der Waals surface area (Å²) in [6, 6.07) is 8.87. The summed E-state index contributed by atoms with van der Waals surface area (Å²) in [5.41, 5.74) is 11.9. The van der Waals surface area contributed by atoms with Crippen LogP contribution in [-0.4, -0.2) is 16.1 Å². The van der Waals surface area contributed by atoms with Crippen LogP contribution in [0.1, 0.15) is 22.3 Å². The summed E-state index contributed by atoms with van der Waals surface area (Å²) in [6.45, 7) is 18.0. The van der Waals surface area contributed by atoms with Gasteiger partial charge in [-0.15, -0.1) is 11.1 Å². The van der Waals surface area contributed by atoms with E-state index < -0.39 is 16.1 Å². The second kappa shape index (κ2) is 6.63. The summed E-state index contributed by atoms with van der Waals surface area (Å²) in [5, 5.41) is 2.48. The molecule has 0 aliphatic rings. The third-order valence-electron chi connectivity index (χ3n) is 3.62. The highest BCUT2D eigenvalue weighted by Gasteiger charge is 2.12. The van der Waals surface area contributed by atoms with Crippen molar-refractivity contribution in [1.82, 2.24) is 0 Å². The van der Waals surface area contributed by atoms with Gasteiger partial charge in [-0.3, -0.25) is 0 Å². The SMILES string of the molecule is Cc1ccc2c(C#C[Si](C)(C)C)c(C)cc(C#C[Si](C)(C)C)c2c1. The van der Waals surface area contributed by atoms with Crippen molar-refractivity contribution in [3.05, 3.63) is 46.5 Å². The second-order valence-electron chi connectivity index (χ2n) is 8.67. The second-order valence-corrected chi connectivity index (χ2v) is 18.2. The van der Waals surface area contributed by atoms with E-state index in [0.717, 1.165) is 5.56 Å². The van der Waals surface area contributed by atoms with Crippen molar-refractivity contribution in [1.29, 1.82) is 0 Å². The topological polar surface area (TPSA) is 0 Å². The molecule has 0 aliphatic heterocycles. The third kappa shape index (κ3) is 4.87. The standard InChI is InChI=1S/C22H28Si2/c1-17-9-10-21-20(12-14-24(6,7)8)18(2)16-19(22(21)15-17)11-13-23(3,4)5/h9-10,15-16H,1-8H3. The summed E-state index contributed by atoms with van der Waals surface area (Å²) in [6.07, 6.45) is 0. The summed E-state index contributed by atoms with van der Waals surface area (Å²) < 4.78 is 0. The first-order chi connectivity index (χ1) is 11.0. The van der Waals surface area contributed by atoms with E-state index in [1.165, 1.54) is 27.5 Å². The number of fused-ring (bicyclic) bond motifs is 1. The Kier molecular flexibility index (Phi) is 5.14. The first-order valence-electron chi connectivity index (χ1n) is 8.57. The van der Waals surface area contributed by atoms with Gasteiger partial charge in [0.1, 0.15) is 16.1 Å². The van der Waals surface area contributed by atoms with E-state index in [1.54, 1.807) is 0 Å². The van der Waals surface area contributed by atoms with Gasteiger partial charge in [-0.1, -0.05) is 74.9 Å². The van der Waals surface area contributed by atoms with Gasteiger partial charge in [-0.25, -0.2) is 0 Å². The quantitative estimate of drug-likeness (QED) is 0.410. The maximum Gasteiger partial charge on any atom is 0.129 e. The summed E-state index contributed by atoms with van der Waals surface area (Å²) >= 11 is 0. The molecule has 0 saturated carbocycles. The number of rotatable bonds is 0. The molecule has 0 bridgehead atoms. The van der Waals surface area contributed by atoms with E-state index in [-0.39, 0.29) is 0 Å². The first-order valence-corrected chi connectivity index (χ1v) is 15.6. The van der Waals surface area contributed by atoms with Crippen LogP contribution < -0.4 is 0 Å². The average Bonchev–Trinajstić information content (AvgIpc) is 2.42. The van der Waals surface area contributed by atoms with Gasteiger partial charge in [-0.2, -0.15) is 0 Å². The van der Waals surface area contributed by atoms with Crippen LogP contribution >= 0.6 is 0 Å². The minimum Gasteiger partial charge on any atom is -0.127 e. The van der Waals surface area contributed by atoms with Gasteiger partial charge in [0.25, 0.3) is 0 Å². The molecule has 2 rings (SSSR count). The molecular weight excluding hydrogens is 320 g/mol. The molecule has 124 valence electrons. The molecule has 0 aromatic heterocycles. The Hall–Kier alpha value is -1.75. The van der Waals surface area contributed by atoms with Gasteiger partial charge in [-0.05, 0) is 36.2 Å². The average molecular weight is 349 g/mol. The van der Waals surface area contributed by atoms with E-state index in [4.69, 9.17) is 0 Å². The lowest BCUT2D eigenvalue weighted by Crippen LogP contribution is -2.16. The Labute approximate surface area is 149 Å². The molecule has 0 fully saturated rings. The van der Waals surface area contributed by atoms with Crippen molar-refractivity contribution in [2.75, 3.05) is 0 Å². The van der Waals surface area contributed by atoms with Gasteiger partial charge < -0.3 is 0 Å². The maximum atomic E-state index is 3.52. The minimum atomic E-state index is -1.40. The third-order valence-corrected chi connectivity index (χ3v) is 5.37. The number of hydrogen-bond acceptors (Lipinski definition) is 0. The van der Waals surface area contributed by atoms with E-state index in [1.807, 2.05) is 0 Å². The predicted molar refractivity (Wildman–Crippen MR) is 114 cm³/mol. The van der Waals surface area contributed by atoms with Crippen LogP contribution in [0, 0.1) is 36.8 Å². The van der Waals surface area contributed by atoms with E-state index in [2.05, 4.69) is 100 Å². The van der Waals surface area contributed by atoms with Crippen LogP contribution in [0.2, 0.25) is 39.3 Å². The highest BCUT2D eigenvalue weighted by atomic mass is 28.3. The molecule has 0 saturated heterocycles. The molecule has 2 heteroatoms. The number of benzene rings is 2. The van der Waals surface area contributed by atoms with Crippen molar-refractivity contribution < 1.29 is 0 Å². The molecule has 0 aliphatic carbocycles. The van der Waals surface area contributed by atoms with Gasteiger partial charge in [0.15, 0.2) is 0 Å². The van der Waals surface area contributed by atoms with Crippen molar-refractivity contribution >= 4 is 26.9 Å². The van der Waals surface area contributed by atoms with E-state index in [9.17, 15) is 0 Å². The smallest absolute Gasteiger partial charge is 0.127 e. The Bertz CT molecular complexity index is 899. The summed E-state index contributed by atoms with van der Waals surface area (Å²) in [4.78, 5) is 0. The fraction of sp³-hybridized carbons (Fsp3) is 0.364. The van der Waals surface area contributed by atoms with E-state index in [0.29, 0.717) is 0 Å². The molecule has 2 aromatic rings. The highest BCUT2D eigenvalue weighted by Crippen LogP contribution is 2.26. The summed E-state index contributed by atoms with van der Waals surface area (Å²) in [7, 11) is -2.79. The summed E-state index contributed by atoms with van der Waals surface area (Å²) in [5.74, 6) is 6.95. The van der Waals surface area contributed by atoms with Crippen LogP contribution in [0.25, 0.3) is 10.8 Å². The Morgan fingerprint density at radius 2 is 1.29 bits per heavy atom. The first kappa shape index (κ1) is 18.6. The van der Waals surface area contributed by atoms with Crippen LogP contribution in [0.5, 0.6) is 0 Å². The van der Waals surface area contributed by atoms with Gasteiger partial charge in [0, 0.05) is 11.1 Å². The van der Waals surface area contributed by atoms with Crippen molar-refractivity contribution in [2.45, 2.75) is 53.1 Å². The zero-order chi connectivity index (χ0) is 18.1. The fourth-order valence-corrected chi connectivity index (χ4v) is 3.46. The monoisotopic (exact) mass is 348 g/mol. The molecular formula is C22H28Si2. The fourth-order valence-electron chi connectivity index (χ4n) is 2.45. The predicted octanol–water partition coefficient (Wildman–Crippen LogP) is 5.91. The van der Waals surface area contributed by atoms with Crippen molar-refractivity contribution in [2.24, 2.45) is 0 Å². The zero-order valence-corrected chi connectivity index (χ0v) is 18.3. The molecule has 24 heavy (non-hydrogen) atoms. The van der Waals surface area contributed by atoms with Crippen LogP contribution in [-0.2, 0) is 0 Å². The Balaban J connectivity index is 2.78. The lowest BCUT2D eigenvalue weighted by molar-refractivity contribution is 1.44. The lowest BCUT2D eigenvalue weighted by Gasteiger charge is -2.11. The zero-order valence-electron chi connectivity index (χ0n) is 16.3. The van der Waals surface area contributed by atoms with Gasteiger partial charge >= 0.3 is 0 Å². The minimum absolute atomic E-state index is 1.15. The van der Waals surface area contributed by atoms with Gasteiger partial charge in [0.05, 0.1) is 0 Å². The number of hydrogen-bond donors (Lipinski definition) is 0. The van der Waals surface area contributed by atoms with Crippen molar-refractivity contribution in [3.63, 3.8) is 0 Å². The molecule has 0 N–H and O–H groups in total. The molecule has 0 heterocycles. The molecule has 0 amide bonds. The van der Waals surface area contributed by atoms with Gasteiger partial charge in [0.2, 0.25) is 0 Å². The van der Waals surface area contributed by atoms with Crippen LogP contribution in [0.15, 0.2) is 24.3 Å². The molecule has 0 atom stereocenters. The molecule has 0 spiro atoms. The number of aryl methyl sites for hydroxylation is 2. The Morgan fingerprint density at radius 3 is 1.88 bits per heavy atom. The largest absolute Gasteiger partial charge is 0.129 e. The van der Waals surface area contributed by atoms with Crippen LogP contribution in [0.3, 0.4) is 0 Å². The molecule has 0 nitrogen and oxygen atoms in total. The van der Waals surface area contributed by atoms with E-state index >= 15 is 0 Å². The molecule has 0 radical (unpaired) electrons. The molecule has 2 aromatic carbocycles. The van der Waals surface area contributed by atoms with Crippen LogP contribution in [0.4, 0.5) is 0 Å².